The van der Waals surface area contributed by atoms with Gasteiger partial charge in [-0.2, -0.15) is 0 Å². The van der Waals surface area contributed by atoms with E-state index < -0.39 is 0 Å². The minimum absolute atomic E-state index is 0.000437. The molecule has 2 fully saturated rings. The van der Waals surface area contributed by atoms with Crippen molar-refractivity contribution in [2.45, 2.75) is 45.6 Å². The van der Waals surface area contributed by atoms with Crippen LogP contribution in [0.4, 0.5) is 4.79 Å². The zero-order valence-electron chi connectivity index (χ0n) is 12.3. The highest BCUT2D eigenvalue weighted by atomic mass is 16.2. The number of carbonyl (C=O) groups excluding carboxylic acids is 3. The van der Waals surface area contributed by atoms with Crippen molar-refractivity contribution < 1.29 is 14.4 Å². The minimum Gasteiger partial charge on any atom is -0.343 e. The van der Waals surface area contributed by atoms with Gasteiger partial charge in [0.2, 0.25) is 5.91 Å². The van der Waals surface area contributed by atoms with Crippen molar-refractivity contribution in [1.82, 2.24) is 14.7 Å². The predicted octanol–water partition coefficient (Wildman–Crippen LogP) is 1.06. The average Bonchev–Trinajstić information content (AvgIpc) is 2.71. The molecule has 2 aliphatic rings. The molecule has 20 heavy (non-hydrogen) atoms. The lowest BCUT2D eigenvalue weighted by atomic mass is 10.0. The molecule has 0 aliphatic carbocycles. The minimum atomic E-state index is -0.278. The summed E-state index contributed by atoms with van der Waals surface area (Å²) in [5, 5.41) is 0. The Balaban J connectivity index is 1.94. The van der Waals surface area contributed by atoms with Crippen LogP contribution in [-0.4, -0.2) is 64.8 Å². The van der Waals surface area contributed by atoms with Crippen LogP contribution in [0.1, 0.15) is 39.5 Å². The van der Waals surface area contributed by atoms with Gasteiger partial charge in [-0.25, -0.2) is 4.79 Å². The second kappa shape index (κ2) is 6.24. The van der Waals surface area contributed by atoms with Crippen LogP contribution in [0.5, 0.6) is 0 Å². The van der Waals surface area contributed by atoms with E-state index in [4.69, 9.17) is 0 Å². The highest BCUT2D eigenvalue weighted by molar-refractivity contribution is 6.04. The number of rotatable bonds is 5. The number of urea groups is 1. The summed E-state index contributed by atoms with van der Waals surface area (Å²) in [4.78, 5) is 41.0. The van der Waals surface area contributed by atoms with E-state index in [0.717, 1.165) is 19.3 Å². The number of piperidine rings is 1. The largest absolute Gasteiger partial charge is 0.343 e. The van der Waals surface area contributed by atoms with E-state index in [9.17, 15) is 14.4 Å². The summed E-state index contributed by atoms with van der Waals surface area (Å²) < 4.78 is 0. The van der Waals surface area contributed by atoms with E-state index in [-0.39, 0.29) is 36.9 Å². The smallest absolute Gasteiger partial charge is 0.327 e. The zero-order chi connectivity index (χ0) is 14.7. The van der Waals surface area contributed by atoms with Gasteiger partial charge in [-0.15, -0.1) is 0 Å². The third kappa shape index (κ3) is 2.64. The van der Waals surface area contributed by atoms with Gasteiger partial charge in [-0.1, -0.05) is 0 Å². The first-order valence-corrected chi connectivity index (χ1v) is 7.49. The van der Waals surface area contributed by atoms with Crippen molar-refractivity contribution in [3.05, 3.63) is 0 Å². The van der Waals surface area contributed by atoms with E-state index in [2.05, 4.69) is 0 Å². The van der Waals surface area contributed by atoms with Crippen LogP contribution in [0.25, 0.3) is 0 Å². The number of fused-ring (bicyclic) bond motifs is 1. The van der Waals surface area contributed by atoms with Crippen LogP contribution < -0.4 is 0 Å². The Bertz CT molecular complexity index is 382. The molecule has 2 saturated heterocycles. The summed E-state index contributed by atoms with van der Waals surface area (Å²) in [6, 6.07) is -0.494. The van der Waals surface area contributed by atoms with Crippen molar-refractivity contribution >= 4 is 17.8 Å². The van der Waals surface area contributed by atoms with Gasteiger partial charge >= 0.3 is 6.03 Å². The maximum atomic E-state index is 12.2. The third-order valence-electron chi connectivity index (χ3n) is 4.20. The van der Waals surface area contributed by atoms with Crippen molar-refractivity contribution in [3.63, 3.8) is 0 Å². The maximum Gasteiger partial charge on any atom is 0.327 e. The molecule has 2 rings (SSSR count). The Morgan fingerprint density at radius 3 is 2.55 bits per heavy atom. The number of hydrogen-bond donors (Lipinski definition) is 0. The topological polar surface area (TPSA) is 60.9 Å². The standard InChI is InChI=1S/C14H23N3O3/c1-3-15(4-2)12(18)8-10-17-13(19)11-7-5-6-9-16(11)14(17)20/h11H,3-10H2,1-2H3/t11-/m1/s1. The van der Waals surface area contributed by atoms with Gasteiger partial charge in [0.05, 0.1) is 0 Å². The molecule has 0 bridgehead atoms. The molecule has 6 heteroatoms. The van der Waals surface area contributed by atoms with Crippen molar-refractivity contribution in [3.8, 4) is 0 Å². The molecule has 0 saturated carbocycles. The van der Waals surface area contributed by atoms with E-state index >= 15 is 0 Å². The molecule has 0 unspecified atom stereocenters. The zero-order valence-corrected chi connectivity index (χ0v) is 12.3. The van der Waals surface area contributed by atoms with E-state index in [1.807, 2.05) is 13.8 Å². The van der Waals surface area contributed by atoms with Gasteiger partial charge in [0.25, 0.3) is 5.91 Å². The normalized spacial score (nSPS) is 22.2. The summed E-state index contributed by atoms with van der Waals surface area (Å²) in [5.74, 6) is -0.123. The Morgan fingerprint density at radius 1 is 1.25 bits per heavy atom. The van der Waals surface area contributed by atoms with Crippen LogP contribution in [0.15, 0.2) is 0 Å². The SMILES string of the molecule is CCN(CC)C(=O)CCN1C(=O)[C@H]2CCCCN2C1=O. The van der Waals surface area contributed by atoms with Crippen LogP contribution in [0.2, 0.25) is 0 Å². The monoisotopic (exact) mass is 281 g/mol. The second-order valence-electron chi connectivity index (χ2n) is 5.29. The van der Waals surface area contributed by atoms with Gasteiger partial charge < -0.3 is 9.80 Å². The Morgan fingerprint density at radius 2 is 1.95 bits per heavy atom. The van der Waals surface area contributed by atoms with Gasteiger partial charge in [0.1, 0.15) is 6.04 Å². The molecule has 6 nitrogen and oxygen atoms in total. The number of amides is 4. The fourth-order valence-corrected chi connectivity index (χ4v) is 2.99. The van der Waals surface area contributed by atoms with E-state index in [1.54, 1.807) is 9.80 Å². The Kier molecular flexibility index (Phi) is 4.62. The van der Waals surface area contributed by atoms with Crippen molar-refractivity contribution in [1.29, 1.82) is 0 Å². The van der Waals surface area contributed by atoms with Crippen molar-refractivity contribution in [2.24, 2.45) is 0 Å². The molecule has 1 atom stereocenters. The maximum absolute atomic E-state index is 12.2. The molecular formula is C14H23N3O3. The lowest BCUT2D eigenvalue weighted by molar-refractivity contribution is -0.132. The lowest BCUT2D eigenvalue weighted by Crippen LogP contribution is -2.39. The van der Waals surface area contributed by atoms with Gasteiger partial charge in [0, 0.05) is 32.6 Å². The van der Waals surface area contributed by atoms with Crippen molar-refractivity contribution in [2.75, 3.05) is 26.2 Å². The molecule has 0 aromatic heterocycles. The van der Waals surface area contributed by atoms with Gasteiger partial charge in [0.15, 0.2) is 0 Å². The summed E-state index contributed by atoms with van der Waals surface area (Å²) in [7, 11) is 0. The second-order valence-corrected chi connectivity index (χ2v) is 5.29. The number of imide groups is 1. The Hall–Kier alpha value is -1.59. The number of nitrogens with zero attached hydrogens (tertiary/aromatic N) is 3. The first-order valence-electron chi connectivity index (χ1n) is 7.49. The van der Waals surface area contributed by atoms with Crippen LogP contribution in [-0.2, 0) is 9.59 Å². The molecule has 4 amide bonds. The summed E-state index contributed by atoms with van der Waals surface area (Å²) in [5.41, 5.74) is 0. The predicted molar refractivity (Wildman–Crippen MR) is 74.0 cm³/mol. The molecule has 112 valence electrons. The molecule has 0 aromatic rings. The lowest BCUT2D eigenvalue weighted by Gasteiger charge is -2.26. The summed E-state index contributed by atoms with van der Waals surface area (Å²) >= 11 is 0. The fraction of sp³-hybridized carbons (Fsp3) is 0.786. The average molecular weight is 281 g/mol. The molecule has 0 radical (unpaired) electrons. The first kappa shape index (κ1) is 14.8. The fourth-order valence-electron chi connectivity index (χ4n) is 2.99. The quantitative estimate of drug-likeness (QED) is 0.708. The molecular weight excluding hydrogens is 258 g/mol. The molecule has 2 heterocycles. The first-order chi connectivity index (χ1) is 9.60. The van der Waals surface area contributed by atoms with Crippen LogP contribution in [0.3, 0.4) is 0 Å². The van der Waals surface area contributed by atoms with Crippen LogP contribution in [0, 0.1) is 0 Å². The molecule has 0 N–H and O–H groups in total. The number of hydrogen-bond acceptors (Lipinski definition) is 3. The third-order valence-corrected chi connectivity index (χ3v) is 4.20. The highest BCUT2D eigenvalue weighted by Gasteiger charge is 2.45. The summed E-state index contributed by atoms with van der Waals surface area (Å²) in [6.45, 7) is 6.04. The van der Waals surface area contributed by atoms with E-state index in [1.165, 1.54) is 4.90 Å². The summed E-state index contributed by atoms with van der Waals surface area (Å²) in [6.07, 6.45) is 2.93. The van der Waals surface area contributed by atoms with Gasteiger partial charge in [-0.05, 0) is 33.1 Å². The Labute approximate surface area is 119 Å². The highest BCUT2D eigenvalue weighted by Crippen LogP contribution is 2.26. The molecule has 0 aromatic carbocycles. The molecule has 0 spiro atoms. The van der Waals surface area contributed by atoms with Crippen LogP contribution >= 0.6 is 0 Å². The van der Waals surface area contributed by atoms with Gasteiger partial charge in [-0.3, -0.25) is 14.5 Å². The number of carbonyl (C=O) groups is 3. The van der Waals surface area contributed by atoms with E-state index in [0.29, 0.717) is 19.6 Å². The molecule has 2 aliphatic heterocycles.